The Bertz CT molecular complexity index is 203. The lowest BCUT2D eigenvalue weighted by Gasteiger charge is -2.14. The summed E-state index contributed by atoms with van der Waals surface area (Å²) in [5, 5.41) is 0. The molecule has 0 saturated carbocycles. The molecule has 0 aliphatic heterocycles. The fourth-order valence-corrected chi connectivity index (χ4v) is 1.39. The molecular formula is C11H23N3. The van der Waals surface area contributed by atoms with Crippen LogP contribution in [0.25, 0.3) is 0 Å². The van der Waals surface area contributed by atoms with E-state index in [1.807, 2.05) is 6.08 Å². The van der Waals surface area contributed by atoms with Crippen LogP contribution in [0, 0.1) is 5.92 Å². The van der Waals surface area contributed by atoms with Gasteiger partial charge in [0.2, 0.25) is 0 Å². The van der Waals surface area contributed by atoms with Crippen molar-refractivity contribution in [3.05, 3.63) is 23.7 Å². The van der Waals surface area contributed by atoms with E-state index in [2.05, 4.69) is 13.8 Å². The molecule has 1 unspecified atom stereocenters. The first-order valence-corrected chi connectivity index (χ1v) is 5.30. The van der Waals surface area contributed by atoms with Crippen LogP contribution in [0.5, 0.6) is 0 Å². The van der Waals surface area contributed by atoms with E-state index < -0.39 is 0 Å². The van der Waals surface area contributed by atoms with Gasteiger partial charge >= 0.3 is 0 Å². The lowest BCUT2D eigenvalue weighted by atomic mass is 9.96. The molecule has 0 fully saturated rings. The van der Waals surface area contributed by atoms with E-state index in [1.165, 1.54) is 12.8 Å². The fourth-order valence-electron chi connectivity index (χ4n) is 1.39. The van der Waals surface area contributed by atoms with Crippen molar-refractivity contribution in [2.75, 3.05) is 0 Å². The van der Waals surface area contributed by atoms with Gasteiger partial charge in [-0.2, -0.15) is 0 Å². The van der Waals surface area contributed by atoms with Crippen LogP contribution < -0.4 is 17.2 Å². The molecule has 3 heteroatoms. The van der Waals surface area contributed by atoms with Crippen LogP contribution >= 0.6 is 0 Å². The van der Waals surface area contributed by atoms with Crippen LogP contribution in [-0.4, -0.2) is 0 Å². The minimum Gasteiger partial charge on any atom is -0.402 e. The van der Waals surface area contributed by atoms with Gasteiger partial charge in [0.05, 0.1) is 5.82 Å². The van der Waals surface area contributed by atoms with E-state index in [0.29, 0.717) is 11.7 Å². The number of hydrogen-bond donors (Lipinski definition) is 3. The molecule has 0 bridgehead atoms. The van der Waals surface area contributed by atoms with Crippen molar-refractivity contribution >= 4 is 0 Å². The maximum Gasteiger partial charge on any atom is 0.0934 e. The molecular weight excluding hydrogens is 174 g/mol. The zero-order valence-corrected chi connectivity index (χ0v) is 9.29. The van der Waals surface area contributed by atoms with Crippen molar-refractivity contribution < 1.29 is 0 Å². The Morgan fingerprint density at radius 2 is 1.79 bits per heavy atom. The molecule has 14 heavy (non-hydrogen) atoms. The predicted molar refractivity (Wildman–Crippen MR) is 62.0 cm³/mol. The quantitative estimate of drug-likeness (QED) is 0.568. The molecule has 6 N–H and O–H groups in total. The van der Waals surface area contributed by atoms with E-state index in [9.17, 15) is 0 Å². The third-order valence-corrected chi connectivity index (χ3v) is 2.34. The van der Waals surface area contributed by atoms with Gasteiger partial charge in [0.15, 0.2) is 0 Å². The van der Waals surface area contributed by atoms with E-state index in [1.54, 1.807) is 6.08 Å². The molecule has 0 spiro atoms. The summed E-state index contributed by atoms with van der Waals surface area (Å²) in [6.07, 6.45) is 8.12. The first kappa shape index (κ1) is 12.9. The summed E-state index contributed by atoms with van der Waals surface area (Å²) in [5.74, 6) is 0.767. The number of nitrogens with two attached hydrogens (primary N) is 3. The smallest absolute Gasteiger partial charge is 0.0934 e. The molecule has 1 atom stereocenters. The Balaban J connectivity index is 4.22. The maximum atomic E-state index is 5.92. The minimum absolute atomic E-state index is 0.304. The zero-order chi connectivity index (χ0) is 11.0. The molecule has 0 aliphatic carbocycles. The average Bonchev–Trinajstić information content (AvgIpc) is 2.16. The Labute approximate surface area is 87.0 Å². The lowest BCUT2D eigenvalue weighted by molar-refractivity contribution is 0.510. The van der Waals surface area contributed by atoms with Crippen LogP contribution in [0.1, 0.15) is 39.5 Å². The Morgan fingerprint density at radius 3 is 2.21 bits per heavy atom. The molecule has 0 aromatic rings. The largest absolute Gasteiger partial charge is 0.402 e. The Morgan fingerprint density at radius 1 is 1.14 bits per heavy atom. The molecule has 0 amide bonds. The summed E-state index contributed by atoms with van der Waals surface area (Å²) in [7, 11) is 0. The van der Waals surface area contributed by atoms with Gasteiger partial charge in [-0.15, -0.1) is 0 Å². The van der Waals surface area contributed by atoms with Gasteiger partial charge in [-0.25, -0.2) is 0 Å². The van der Waals surface area contributed by atoms with Crippen molar-refractivity contribution in [3.8, 4) is 0 Å². The summed E-state index contributed by atoms with van der Waals surface area (Å²) in [4.78, 5) is 0. The monoisotopic (exact) mass is 197 g/mol. The minimum atomic E-state index is 0.304. The van der Waals surface area contributed by atoms with Gasteiger partial charge in [0.1, 0.15) is 0 Å². The van der Waals surface area contributed by atoms with Crippen LogP contribution in [0.4, 0.5) is 0 Å². The lowest BCUT2D eigenvalue weighted by Crippen LogP contribution is -2.12. The fraction of sp³-hybridized carbons (Fsp3) is 0.636. The number of unbranched alkanes of at least 4 members (excludes halogenated alkanes) is 1. The highest BCUT2D eigenvalue weighted by Crippen LogP contribution is 2.17. The number of allylic oxidation sites excluding steroid dienone is 3. The van der Waals surface area contributed by atoms with E-state index >= 15 is 0 Å². The molecule has 0 saturated heterocycles. The second-order valence-electron chi connectivity index (χ2n) is 3.58. The second kappa shape index (κ2) is 7.30. The highest BCUT2D eigenvalue weighted by Gasteiger charge is 2.07. The molecule has 0 heterocycles. The molecule has 3 nitrogen and oxygen atoms in total. The van der Waals surface area contributed by atoms with Gasteiger partial charge in [-0.05, 0) is 30.9 Å². The second-order valence-corrected chi connectivity index (χ2v) is 3.58. The standard InChI is InChI=1S/C11H23N3/c1-3-5-6-9(4-2)10(12)7-8-11(13)14/h7-9H,3-6,12-14H2,1-2H3/b10-7-. The van der Waals surface area contributed by atoms with E-state index in [4.69, 9.17) is 17.2 Å². The first-order chi connectivity index (χ1) is 6.61. The molecule has 0 radical (unpaired) electrons. The summed E-state index contributed by atoms with van der Waals surface area (Å²) in [5.41, 5.74) is 17.4. The van der Waals surface area contributed by atoms with Gasteiger partial charge < -0.3 is 17.2 Å². The Hall–Kier alpha value is -1.12. The highest BCUT2D eigenvalue weighted by molar-refractivity contribution is 5.14. The average molecular weight is 197 g/mol. The zero-order valence-electron chi connectivity index (χ0n) is 9.29. The molecule has 82 valence electrons. The number of rotatable bonds is 6. The number of hydrogen-bond acceptors (Lipinski definition) is 3. The SMILES string of the molecule is CCCCC(CC)/C(N)=C/C=C(N)N. The molecule has 0 rings (SSSR count). The van der Waals surface area contributed by atoms with Crippen molar-refractivity contribution in [1.29, 1.82) is 0 Å². The van der Waals surface area contributed by atoms with Crippen molar-refractivity contribution in [2.24, 2.45) is 23.1 Å². The van der Waals surface area contributed by atoms with Gasteiger partial charge in [-0.1, -0.05) is 26.7 Å². The normalized spacial score (nSPS) is 13.7. The molecule has 0 aromatic carbocycles. The van der Waals surface area contributed by atoms with Gasteiger partial charge in [0, 0.05) is 5.70 Å². The summed E-state index contributed by atoms with van der Waals surface area (Å²) < 4.78 is 0. The van der Waals surface area contributed by atoms with Crippen LogP contribution in [0.2, 0.25) is 0 Å². The van der Waals surface area contributed by atoms with Gasteiger partial charge in [0.25, 0.3) is 0 Å². The first-order valence-electron chi connectivity index (χ1n) is 5.30. The maximum absolute atomic E-state index is 5.92. The van der Waals surface area contributed by atoms with E-state index in [-0.39, 0.29) is 0 Å². The summed E-state index contributed by atoms with van der Waals surface area (Å²) in [6.45, 7) is 4.33. The predicted octanol–water partition coefficient (Wildman–Crippen LogP) is 1.80. The van der Waals surface area contributed by atoms with Crippen LogP contribution in [-0.2, 0) is 0 Å². The van der Waals surface area contributed by atoms with Crippen LogP contribution in [0.3, 0.4) is 0 Å². The third kappa shape index (κ3) is 5.51. The molecule has 0 aliphatic rings. The summed E-state index contributed by atoms with van der Waals surface area (Å²) in [6, 6.07) is 0. The highest BCUT2D eigenvalue weighted by atomic mass is 14.8. The topological polar surface area (TPSA) is 78.1 Å². The Kier molecular flexibility index (Phi) is 6.72. The molecule has 0 aromatic heterocycles. The van der Waals surface area contributed by atoms with E-state index in [0.717, 1.165) is 18.5 Å². The van der Waals surface area contributed by atoms with Crippen molar-refractivity contribution in [3.63, 3.8) is 0 Å². The third-order valence-electron chi connectivity index (χ3n) is 2.34. The summed E-state index contributed by atoms with van der Waals surface area (Å²) >= 11 is 0. The van der Waals surface area contributed by atoms with Crippen LogP contribution in [0.15, 0.2) is 23.7 Å². The van der Waals surface area contributed by atoms with Crippen molar-refractivity contribution in [2.45, 2.75) is 39.5 Å². The van der Waals surface area contributed by atoms with Crippen molar-refractivity contribution in [1.82, 2.24) is 0 Å². The van der Waals surface area contributed by atoms with Gasteiger partial charge in [-0.3, -0.25) is 0 Å².